The number of halogens is 1. The van der Waals surface area contributed by atoms with Crippen LogP contribution in [0.25, 0.3) is 0 Å². The Morgan fingerprint density at radius 2 is 2.31 bits per heavy atom. The summed E-state index contributed by atoms with van der Waals surface area (Å²) in [6.45, 7) is 1.90. The molecular weight excluding hydrogens is 191 g/mol. The molecule has 0 spiro atoms. The Bertz CT molecular complexity index is 325. The smallest absolute Gasteiger partial charge is 0.341 e. The van der Waals surface area contributed by atoms with E-state index >= 15 is 0 Å². The molecule has 0 aromatic heterocycles. The van der Waals surface area contributed by atoms with Gasteiger partial charge in [-0.3, -0.25) is 0 Å². The Morgan fingerprint density at radius 1 is 1.62 bits per heavy atom. The van der Waals surface area contributed by atoms with Crippen molar-refractivity contribution in [2.24, 2.45) is 0 Å². The highest BCUT2D eigenvalue weighted by atomic mass is 32.1. The maximum Gasteiger partial charge on any atom is 0.341 e. The minimum atomic E-state index is -0.657. The normalized spacial score (nSPS) is 9.77. The molecule has 1 aromatic carbocycles. The van der Waals surface area contributed by atoms with E-state index in [4.69, 9.17) is 0 Å². The Kier molecular flexibility index (Phi) is 3.31. The molecule has 4 heteroatoms. The average Bonchev–Trinajstić information content (AvgIpc) is 2.09. The standard InChI is InChI=1S/C9H9FO2S/c1-2-12-9(11)7-5-6(13)3-4-8(7)10/h3-5,13H,2H2,1H3. The quantitative estimate of drug-likeness (QED) is 0.585. The third kappa shape index (κ3) is 2.45. The first-order chi connectivity index (χ1) is 6.15. The maximum absolute atomic E-state index is 13.0. The second-order valence-electron chi connectivity index (χ2n) is 2.38. The number of benzene rings is 1. The Morgan fingerprint density at radius 3 is 2.92 bits per heavy atom. The Labute approximate surface area is 81.1 Å². The topological polar surface area (TPSA) is 26.3 Å². The van der Waals surface area contributed by atoms with Gasteiger partial charge in [0.15, 0.2) is 0 Å². The van der Waals surface area contributed by atoms with Crippen molar-refractivity contribution in [3.63, 3.8) is 0 Å². The summed E-state index contributed by atoms with van der Waals surface area (Å²) in [5.41, 5.74) is -0.0747. The van der Waals surface area contributed by atoms with E-state index in [2.05, 4.69) is 17.4 Å². The first-order valence-corrected chi connectivity index (χ1v) is 4.25. The van der Waals surface area contributed by atoms with Crippen LogP contribution in [-0.4, -0.2) is 12.6 Å². The first kappa shape index (κ1) is 10.1. The van der Waals surface area contributed by atoms with Crippen molar-refractivity contribution in [1.29, 1.82) is 0 Å². The minimum Gasteiger partial charge on any atom is -0.462 e. The van der Waals surface area contributed by atoms with Crippen LogP contribution in [0.3, 0.4) is 0 Å². The van der Waals surface area contributed by atoms with Gasteiger partial charge in [0.05, 0.1) is 12.2 Å². The Hall–Kier alpha value is -1.03. The fourth-order valence-corrected chi connectivity index (χ4v) is 1.08. The van der Waals surface area contributed by atoms with Crippen molar-refractivity contribution in [1.82, 2.24) is 0 Å². The molecule has 0 saturated carbocycles. The number of esters is 1. The molecule has 0 N–H and O–H groups in total. The van der Waals surface area contributed by atoms with E-state index in [0.717, 1.165) is 0 Å². The third-order valence-electron chi connectivity index (χ3n) is 1.45. The molecule has 2 nitrogen and oxygen atoms in total. The van der Waals surface area contributed by atoms with Crippen molar-refractivity contribution in [2.75, 3.05) is 6.61 Å². The summed E-state index contributed by atoms with van der Waals surface area (Å²) in [5.74, 6) is -1.24. The molecule has 0 aliphatic heterocycles. The lowest BCUT2D eigenvalue weighted by Gasteiger charge is -2.03. The molecule has 1 aromatic rings. The number of rotatable bonds is 2. The van der Waals surface area contributed by atoms with Gasteiger partial charge in [-0.25, -0.2) is 9.18 Å². The van der Waals surface area contributed by atoms with E-state index in [1.165, 1.54) is 18.2 Å². The van der Waals surface area contributed by atoms with Crippen molar-refractivity contribution >= 4 is 18.6 Å². The lowest BCUT2D eigenvalue weighted by molar-refractivity contribution is 0.0520. The molecule has 0 atom stereocenters. The van der Waals surface area contributed by atoms with Gasteiger partial charge in [0.2, 0.25) is 0 Å². The van der Waals surface area contributed by atoms with Crippen LogP contribution in [0.4, 0.5) is 4.39 Å². The van der Waals surface area contributed by atoms with E-state index in [0.29, 0.717) is 4.90 Å². The zero-order valence-electron chi connectivity index (χ0n) is 7.08. The molecule has 0 unspecified atom stereocenters. The number of ether oxygens (including phenoxy) is 1. The van der Waals surface area contributed by atoms with Gasteiger partial charge in [-0.2, -0.15) is 0 Å². The second kappa shape index (κ2) is 4.28. The molecule has 0 saturated heterocycles. The molecule has 70 valence electrons. The van der Waals surface area contributed by atoms with Gasteiger partial charge in [-0.15, -0.1) is 12.6 Å². The van der Waals surface area contributed by atoms with Crippen LogP contribution in [0.15, 0.2) is 23.1 Å². The highest BCUT2D eigenvalue weighted by Crippen LogP contribution is 2.14. The molecule has 0 aliphatic carbocycles. The Balaban J connectivity index is 2.99. The predicted octanol–water partition coefficient (Wildman–Crippen LogP) is 2.29. The highest BCUT2D eigenvalue weighted by Gasteiger charge is 2.12. The summed E-state index contributed by atoms with van der Waals surface area (Å²) in [5, 5.41) is 0. The van der Waals surface area contributed by atoms with Crippen molar-refractivity contribution in [2.45, 2.75) is 11.8 Å². The zero-order valence-corrected chi connectivity index (χ0v) is 7.98. The van der Waals surface area contributed by atoms with E-state index in [1.54, 1.807) is 6.92 Å². The SMILES string of the molecule is CCOC(=O)c1cc(S)ccc1F. The number of hydrogen-bond donors (Lipinski definition) is 1. The third-order valence-corrected chi connectivity index (χ3v) is 1.72. The fourth-order valence-electron chi connectivity index (χ4n) is 0.879. The molecule has 0 radical (unpaired) electrons. The number of hydrogen-bond acceptors (Lipinski definition) is 3. The first-order valence-electron chi connectivity index (χ1n) is 3.80. The van der Waals surface area contributed by atoms with Gasteiger partial charge in [0.25, 0.3) is 0 Å². The lowest BCUT2D eigenvalue weighted by Crippen LogP contribution is -2.06. The fraction of sp³-hybridized carbons (Fsp3) is 0.222. The summed E-state index contributed by atoms with van der Waals surface area (Å²) < 4.78 is 17.7. The van der Waals surface area contributed by atoms with Crippen LogP contribution in [0.1, 0.15) is 17.3 Å². The summed E-state index contributed by atoms with van der Waals surface area (Å²) in [4.78, 5) is 11.7. The van der Waals surface area contributed by atoms with E-state index in [1.807, 2.05) is 0 Å². The molecular formula is C9H9FO2S. The van der Waals surface area contributed by atoms with Crippen molar-refractivity contribution < 1.29 is 13.9 Å². The van der Waals surface area contributed by atoms with Gasteiger partial charge in [0, 0.05) is 4.90 Å². The van der Waals surface area contributed by atoms with Gasteiger partial charge < -0.3 is 4.74 Å². The average molecular weight is 200 g/mol. The summed E-state index contributed by atoms with van der Waals surface area (Å²) in [7, 11) is 0. The zero-order chi connectivity index (χ0) is 9.84. The molecule has 0 fully saturated rings. The lowest BCUT2D eigenvalue weighted by atomic mass is 10.2. The van der Waals surface area contributed by atoms with E-state index in [-0.39, 0.29) is 12.2 Å². The molecule has 13 heavy (non-hydrogen) atoms. The largest absolute Gasteiger partial charge is 0.462 e. The number of carbonyl (C=O) groups is 1. The van der Waals surface area contributed by atoms with Crippen molar-refractivity contribution in [3.05, 3.63) is 29.6 Å². The molecule has 1 rings (SSSR count). The van der Waals surface area contributed by atoms with Gasteiger partial charge in [-0.05, 0) is 25.1 Å². The van der Waals surface area contributed by atoms with E-state index < -0.39 is 11.8 Å². The number of carbonyl (C=O) groups excluding carboxylic acids is 1. The number of thiol groups is 1. The molecule has 0 heterocycles. The highest BCUT2D eigenvalue weighted by molar-refractivity contribution is 7.80. The van der Waals surface area contributed by atoms with E-state index in [9.17, 15) is 9.18 Å². The summed E-state index contributed by atoms with van der Waals surface area (Å²) in [6, 6.07) is 4.01. The van der Waals surface area contributed by atoms with Crippen LogP contribution < -0.4 is 0 Å². The van der Waals surface area contributed by atoms with Gasteiger partial charge in [0.1, 0.15) is 5.82 Å². The van der Waals surface area contributed by atoms with Crippen LogP contribution in [-0.2, 0) is 4.74 Å². The predicted molar refractivity (Wildman–Crippen MR) is 49.6 cm³/mol. The van der Waals surface area contributed by atoms with Crippen LogP contribution >= 0.6 is 12.6 Å². The van der Waals surface area contributed by atoms with Crippen LogP contribution in [0.5, 0.6) is 0 Å². The molecule has 0 bridgehead atoms. The van der Waals surface area contributed by atoms with Crippen molar-refractivity contribution in [3.8, 4) is 0 Å². The van der Waals surface area contributed by atoms with Crippen LogP contribution in [0, 0.1) is 5.82 Å². The maximum atomic E-state index is 13.0. The molecule has 0 amide bonds. The monoisotopic (exact) mass is 200 g/mol. The summed E-state index contributed by atoms with van der Waals surface area (Å²) >= 11 is 3.99. The second-order valence-corrected chi connectivity index (χ2v) is 2.90. The minimum absolute atomic E-state index is 0.0747. The van der Waals surface area contributed by atoms with Crippen LogP contribution in [0.2, 0.25) is 0 Å². The van der Waals surface area contributed by atoms with Gasteiger partial charge >= 0.3 is 5.97 Å². The summed E-state index contributed by atoms with van der Waals surface area (Å²) in [6.07, 6.45) is 0. The molecule has 0 aliphatic rings. The van der Waals surface area contributed by atoms with Gasteiger partial charge in [-0.1, -0.05) is 0 Å².